The Balaban J connectivity index is 2.72. The summed E-state index contributed by atoms with van der Waals surface area (Å²) in [5.74, 6) is 0.366. The number of hydrogen-bond donors (Lipinski definition) is 0. The number of rotatable bonds is 6. The van der Waals surface area contributed by atoms with Gasteiger partial charge in [-0.25, -0.2) is 0 Å². The molecule has 1 atom stereocenters. The first-order valence-electron chi connectivity index (χ1n) is 5.68. The van der Waals surface area contributed by atoms with Crippen LogP contribution in [0, 0.1) is 5.92 Å². The van der Waals surface area contributed by atoms with Crippen LogP contribution < -0.4 is 0 Å². The van der Waals surface area contributed by atoms with Gasteiger partial charge in [0.1, 0.15) is 0 Å². The molecule has 0 fully saturated rings. The summed E-state index contributed by atoms with van der Waals surface area (Å²) in [5.41, 5.74) is 1.17. The zero-order valence-electron chi connectivity index (χ0n) is 10.7. The van der Waals surface area contributed by atoms with E-state index in [9.17, 15) is 0 Å². The molecule has 0 aliphatic rings. The third-order valence-electron chi connectivity index (χ3n) is 3.20. The fourth-order valence-corrected chi connectivity index (χ4v) is 1.77. The van der Waals surface area contributed by atoms with Crippen LogP contribution in [0.2, 0.25) is 0 Å². The minimum absolute atomic E-state index is 0.161. The average Bonchev–Trinajstić information content (AvgIpc) is 2.30. The van der Waals surface area contributed by atoms with Crippen LogP contribution in [-0.2, 0) is 15.9 Å². The van der Waals surface area contributed by atoms with Gasteiger partial charge in [-0.3, -0.25) is 0 Å². The van der Waals surface area contributed by atoms with Crippen molar-refractivity contribution in [1.29, 1.82) is 0 Å². The van der Waals surface area contributed by atoms with Crippen LogP contribution in [0.3, 0.4) is 0 Å². The van der Waals surface area contributed by atoms with Gasteiger partial charge in [0.25, 0.3) is 0 Å². The van der Waals surface area contributed by atoms with Gasteiger partial charge in [-0.05, 0) is 25.8 Å². The van der Waals surface area contributed by atoms with Crippen LogP contribution in [0.15, 0.2) is 30.3 Å². The first-order valence-corrected chi connectivity index (χ1v) is 5.68. The Morgan fingerprint density at radius 3 is 2.25 bits per heavy atom. The Morgan fingerprint density at radius 1 is 1.12 bits per heavy atom. The molecule has 0 spiro atoms. The molecule has 0 heterocycles. The summed E-state index contributed by atoms with van der Waals surface area (Å²) in [5, 5.41) is 0. The van der Waals surface area contributed by atoms with Crippen molar-refractivity contribution in [2.75, 3.05) is 20.8 Å². The number of benzene rings is 1. The van der Waals surface area contributed by atoms with Gasteiger partial charge in [0.05, 0.1) is 12.2 Å². The normalized spacial score (nSPS) is 13.8. The lowest BCUT2D eigenvalue weighted by Crippen LogP contribution is -2.37. The SMILES string of the molecule is COCC(Cc1ccccc1)C(C)(C)OC. The predicted octanol–water partition coefficient (Wildman–Crippen LogP) is 2.92. The fraction of sp³-hybridized carbons (Fsp3) is 0.571. The number of ether oxygens (including phenoxy) is 2. The molecule has 1 aromatic carbocycles. The highest BCUT2D eigenvalue weighted by Gasteiger charge is 2.29. The molecule has 0 aliphatic heterocycles. The summed E-state index contributed by atoms with van der Waals surface area (Å²) >= 11 is 0. The second kappa shape index (κ2) is 6.02. The molecule has 0 saturated heterocycles. The predicted molar refractivity (Wildman–Crippen MR) is 66.6 cm³/mol. The van der Waals surface area contributed by atoms with Gasteiger partial charge in [0.2, 0.25) is 0 Å². The Bertz CT molecular complexity index is 293. The molecule has 0 aromatic heterocycles. The van der Waals surface area contributed by atoms with Crippen molar-refractivity contribution in [3.8, 4) is 0 Å². The maximum Gasteiger partial charge on any atom is 0.0675 e. The fourth-order valence-electron chi connectivity index (χ4n) is 1.77. The van der Waals surface area contributed by atoms with Crippen molar-refractivity contribution < 1.29 is 9.47 Å². The van der Waals surface area contributed by atoms with Crippen LogP contribution in [0.1, 0.15) is 19.4 Å². The van der Waals surface area contributed by atoms with E-state index in [1.165, 1.54) is 5.56 Å². The van der Waals surface area contributed by atoms with Crippen LogP contribution in [0.4, 0.5) is 0 Å². The molecule has 0 radical (unpaired) electrons. The van der Waals surface area contributed by atoms with Crippen LogP contribution in [0.25, 0.3) is 0 Å². The van der Waals surface area contributed by atoms with Gasteiger partial charge in [0, 0.05) is 20.1 Å². The van der Waals surface area contributed by atoms with E-state index in [1.54, 1.807) is 14.2 Å². The van der Waals surface area contributed by atoms with Crippen molar-refractivity contribution in [2.24, 2.45) is 5.92 Å². The van der Waals surface area contributed by atoms with Gasteiger partial charge < -0.3 is 9.47 Å². The molecule has 0 saturated carbocycles. The van der Waals surface area contributed by atoms with E-state index >= 15 is 0 Å². The molecule has 0 aliphatic carbocycles. The summed E-state index contributed by atoms with van der Waals surface area (Å²) in [6.07, 6.45) is 0.982. The van der Waals surface area contributed by atoms with E-state index in [1.807, 2.05) is 6.07 Å². The number of hydrogen-bond acceptors (Lipinski definition) is 2. The van der Waals surface area contributed by atoms with E-state index in [2.05, 4.69) is 38.1 Å². The lowest BCUT2D eigenvalue weighted by Gasteiger charge is -2.32. The summed E-state index contributed by atoms with van der Waals surface area (Å²) in [4.78, 5) is 0. The Labute approximate surface area is 98.6 Å². The molecule has 90 valence electrons. The van der Waals surface area contributed by atoms with E-state index in [0.717, 1.165) is 13.0 Å². The number of methoxy groups -OCH3 is 2. The second-order valence-electron chi connectivity index (χ2n) is 4.65. The van der Waals surface area contributed by atoms with E-state index in [-0.39, 0.29) is 5.60 Å². The Hall–Kier alpha value is -0.860. The molecule has 0 amide bonds. The highest BCUT2D eigenvalue weighted by atomic mass is 16.5. The van der Waals surface area contributed by atoms with Gasteiger partial charge in [-0.15, -0.1) is 0 Å². The van der Waals surface area contributed by atoms with Crippen LogP contribution >= 0.6 is 0 Å². The second-order valence-corrected chi connectivity index (χ2v) is 4.65. The molecule has 2 heteroatoms. The summed E-state index contributed by atoms with van der Waals surface area (Å²) in [6.45, 7) is 4.94. The van der Waals surface area contributed by atoms with Crippen molar-refractivity contribution >= 4 is 0 Å². The van der Waals surface area contributed by atoms with Gasteiger partial charge in [-0.1, -0.05) is 30.3 Å². The van der Waals surface area contributed by atoms with Crippen LogP contribution in [0.5, 0.6) is 0 Å². The Morgan fingerprint density at radius 2 is 1.75 bits per heavy atom. The highest BCUT2D eigenvalue weighted by Crippen LogP contribution is 2.24. The first kappa shape index (κ1) is 13.2. The third-order valence-corrected chi connectivity index (χ3v) is 3.20. The zero-order chi connectivity index (χ0) is 12.0. The highest BCUT2D eigenvalue weighted by molar-refractivity contribution is 5.16. The maximum absolute atomic E-state index is 5.54. The minimum Gasteiger partial charge on any atom is -0.384 e. The summed E-state index contributed by atoms with van der Waals surface area (Å²) in [7, 11) is 3.50. The van der Waals surface area contributed by atoms with Crippen molar-refractivity contribution in [3.63, 3.8) is 0 Å². The quantitative estimate of drug-likeness (QED) is 0.737. The van der Waals surface area contributed by atoms with Crippen molar-refractivity contribution in [1.82, 2.24) is 0 Å². The topological polar surface area (TPSA) is 18.5 Å². The molecule has 0 N–H and O–H groups in total. The third kappa shape index (κ3) is 3.62. The molecule has 1 aromatic rings. The molecule has 1 unspecified atom stereocenters. The first-order chi connectivity index (χ1) is 7.60. The smallest absolute Gasteiger partial charge is 0.0675 e. The lowest BCUT2D eigenvalue weighted by molar-refractivity contribution is -0.0522. The average molecular weight is 222 g/mol. The monoisotopic (exact) mass is 222 g/mol. The van der Waals surface area contributed by atoms with E-state index < -0.39 is 0 Å². The minimum atomic E-state index is -0.161. The molecule has 0 bridgehead atoms. The Kier molecular flexibility index (Phi) is 4.97. The van der Waals surface area contributed by atoms with Gasteiger partial charge >= 0.3 is 0 Å². The largest absolute Gasteiger partial charge is 0.384 e. The lowest BCUT2D eigenvalue weighted by atomic mass is 9.86. The molecular formula is C14H22O2. The molecule has 16 heavy (non-hydrogen) atoms. The van der Waals surface area contributed by atoms with E-state index in [0.29, 0.717) is 5.92 Å². The van der Waals surface area contributed by atoms with Crippen LogP contribution in [-0.4, -0.2) is 26.4 Å². The maximum atomic E-state index is 5.54. The summed E-state index contributed by atoms with van der Waals surface area (Å²) in [6, 6.07) is 10.5. The summed E-state index contributed by atoms with van der Waals surface area (Å²) < 4.78 is 10.8. The molecule has 1 rings (SSSR count). The zero-order valence-corrected chi connectivity index (χ0v) is 10.7. The van der Waals surface area contributed by atoms with Crippen molar-refractivity contribution in [2.45, 2.75) is 25.9 Å². The molecule has 2 nitrogen and oxygen atoms in total. The molecular weight excluding hydrogens is 200 g/mol. The van der Waals surface area contributed by atoms with Crippen molar-refractivity contribution in [3.05, 3.63) is 35.9 Å². The van der Waals surface area contributed by atoms with Gasteiger partial charge in [-0.2, -0.15) is 0 Å². The van der Waals surface area contributed by atoms with E-state index in [4.69, 9.17) is 9.47 Å². The van der Waals surface area contributed by atoms with Gasteiger partial charge in [0.15, 0.2) is 0 Å². The standard InChI is InChI=1S/C14H22O2/c1-14(2,16-4)13(11-15-3)10-12-8-6-5-7-9-12/h5-9,13H,10-11H2,1-4H3.